The minimum atomic E-state index is -0.833. The molecule has 1 aromatic carbocycles. The van der Waals surface area contributed by atoms with Crippen molar-refractivity contribution >= 4 is 23.4 Å². The van der Waals surface area contributed by atoms with Crippen molar-refractivity contribution in [1.82, 2.24) is 20.2 Å². The van der Waals surface area contributed by atoms with Crippen LogP contribution in [0, 0.1) is 0 Å². The standard InChI is InChI=1S/C27H38N6O3.2C2H4O2/c34-23-17-21(20-2-3-20)16-22(18-23)33-8-4-24-25(19-33)29-27(30-26(24)32-9-5-28-6-10-32)36-13-1-7-31-11-14-35-15-12-31;2*1-2(3)4/h16-18,20,28,34H,1-15,19H2;2*1H3,(H,3,4). The molecule has 0 atom stereocenters. The predicted octanol–water partition coefficient (Wildman–Crippen LogP) is 2.31. The van der Waals surface area contributed by atoms with Gasteiger partial charge in [-0.3, -0.25) is 14.5 Å². The summed E-state index contributed by atoms with van der Waals surface area (Å²) in [4.78, 5) is 35.0. The fraction of sp³-hybridized carbons (Fsp3) is 0.613. The molecule has 0 bridgehead atoms. The molecule has 44 heavy (non-hydrogen) atoms. The number of aliphatic carboxylic acids is 2. The van der Waals surface area contributed by atoms with E-state index in [0.29, 0.717) is 30.8 Å². The number of carboxylic acid groups (broad SMARTS) is 2. The molecule has 6 rings (SSSR count). The maximum Gasteiger partial charge on any atom is 0.318 e. The van der Waals surface area contributed by atoms with Crippen molar-refractivity contribution in [1.29, 1.82) is 0 Å². The maximum absolute atomic E-state index is 10.4. The van der Waals surface area contributed by atoms with Gasteiger partial charge in [-0.25, -0.2) is 0 Å². The minimum Gasteiger partial charge on any atom is -0.508 e. The summed E-state index contributed by atoms with van der Waals surface area (Å²) >= 11 is 0. The highest BCUT2D eigenvalue weighted by Crippen LogP contribution is 2.43. The molecule has 2 saturated heterocycles. The number of piperazine rings is 1. The van der Waals surface area contributed by atoms with E-state index in [2.05, 4.69) is 26.1 Å². The number of ether oxygens (including phenoxy) is 2. The van der Waals surface area contributed by atoms with Crippen molar-refractivity contribution in [3.63, 3.8) is 0 Å². The Kier molecular flexibility index (Phi) is 12.4. The Balaban J connectivity index is 0.000000496. The van der Waals surface area contributed by atoms with E-state index in [1.165, 1.54) is 24.0 Å². The van der Waals surface area contributed by atoms with Crippen LogP contribution >= 0.6 is 0 Å². The third-order valence-corrected chi connectivity index (χ3v) is 7.73. The molecule has 13 heteroatoms. The summed E-state index contributed by atoms with van der Waals surface area (Å²) in [5.41, 5.74) is 4.63. The Morgan fingerprint density at radius 1 is 0.977 bits per heavy atom. The molecule has 3 aliphatic heterocycles. The zero-order valence-corrected chi connectivity index (χ0v) is 25.8. The number of phenols is 1. The van der Waals surface area contributed by atoms with E-state index in [0.717, 1.165) is 109 Å². The van der Waals surface area contributed by atoms with Gasteiger partial charge in [0, 0.05) is 83.5 Å². The summed E-state index contributed by atoms with van der Waals surface area (Å²) in [6.07, 6.45) is 4.28. The molecule has 242 valence electrons. The van der Waals surface area contributed by atoms with Gasteiger partial charge in [0.1, 0.15) is 11.6 Å². The second-order valence-corrected chi connectivity index (χ2v) is 11.4. The van der Waals surface area contributed by atoms with E-state index in [1.807, 2.05) is 12.1 Å². The highest BCUT2D eigenvalue weighted by molar-refractivity contribution is 5.63. The maximum atomic E-state index is 10.4. The number of morpholine rings is 1. The van der Waals surface area contributed by atoms with Gasteiger partial charge in [-0.15, -0.1) is 0 Å². The van der Waals surface area contributed by atoms with Crippen LogP contribution in [-0.4, -0.2) is 114 Å². The molecule has 4 aliphatic rings. The van der Waals surface area contributed by atoms with Gasteiger partial charge in [0.05, 0.1) is 32.1 Å². The highest BCUT2D eigenvalue weighted by atomic mass is 16.5. The minimum absolute atomic E-state index is 0.355. The van der Waals surface area contributed by atoms with Crippen LogP contribution in [0.3, 0.4) is 0 Å². The normalized spacial score (nSPS) is 18.2. The number of rotatable bonds is 8. The van der Waals surface area contributed by atoms with E-state index in [9.17, 15) is 5.11 Å². The van der Waals surface area contributed by atoms with Gasteiger partial charge in [0.15, 0.2) is 0 Å². The summed E-state index contributed by atoms with van der Waals surface area (Å²) < 4.78 is 11.6. The molecule has 1 aromatic heterocycles. The lowest BCUT2D eigenvalue weighted by Crippen LogP contribution is -2.45. The van der Waals surface area contributed by atoms with Crippen molar-refractivity contribution in [3.8, 4) is 11.8 Å². The lowest BCUT2D eigenvalue weighted by atomic mass is 10.0. The molecule has 0 unspecified atom stereocenters. The predicted molar refractivity (Wildman–Crippen MR) is 166 cm³/mol. The summed E-state index contributed by atoms with van der Waals surface area (Å²) in [5, 5.41) is 28.7. The van der Waals surface area contributed by atoms with Crippen LogP contribution in [0.4, 0.5) is 11.5 Å². The number of hydrogen-bond donors (Lipinski definition) is 4. The van der Waals surface area contributed by atoms with E-state index >= 15 is 0 Å². The van der Waals surface area contributed by atoms with Gasteiger partial charge in [0.25, 0.3) is 11.9 Å². The first-order chi connectivity index (χ1) is 21.2. The average molecular weight is 615 g/mol. The van der Waals surface area contributed by atoms with Gasteiger partial charge in [-0.2, -0.15) is 9.97 Å². The van der Waals surface area contributed by atoms with Crippen molar-refractivity contribution in [2.24, 2.45) is 0 Å². The van der Waals surface area contributed by atoms with Crippen LogP contribution in [0.2, 0.25) is 0 Å². The average Bonchev–Trinajstić information content (AvgIpc) is 3.85. The number of benzene rings is 1. The van der Waals surface area contributed by atoms with Gasteiger partial charge >= 0.3 is 6.01 Å². The first-order valence-electron chi connectivity index (χ1n) is 15.5. The summed E-state index contributed by atoms with van der Waals surface area (Å²) in [6, 6.07) is 6.55. The van der Waals surface area contributed by atoms with Crippen molar-refractivity contribution in [2.75, 3.05) is 82.0 Å². The molecule has 1 aliphatic carbocycles. The van der Waals surface area contributed by atoms with Crippen molar-refractivity contribution < 1.29 is 34.4 Å². The number of carbonyl (C=O) groups is 2. The first-order valence-corrected chi connectivity index (χ1v) is 15.5. The number of fused-ring (bicyclic) bond motifs is 1. The Morgan fingerprint density at radius 2 is 1.66 bits per heavy atom. The second kappa shape index (κ2) is 16.4. The largest absolute Gasteiger partial charge is 0.508 e. The van der Waals surface area contributed by atoms with E-state index in [-0.39, 0.29) is 0 Å². The lowest BCUT2D eigenvalue weighted by molar-refractivity contribution is -0.135. The smallest absolute Gasteiger partial charge is 0.318 e. The molecule has 13 nitrogen and oxygen atoms in total. The summed E-state index contributed by atoms with van der Waals surface area (Å²) in [7, 11) is 0. The van der Waals surface area contributed by atoms with Gasteiger partial charge < -0.3 is 39.9 Å². The van der Waals surface area contributed by atoms with E-state index < -0.39 is 11.9 Å². The van der Waals surface area contributed by atoms with Gasteiger partial charge in [0.2, 0.25) is 0 Å². The highest BCUT2D eigenvalue weighted by Gasteiger charge is 2.29. The molecule has 4 N–H and O–H groups in total. The second-order valence-electron chi connectivity index (χ2n) is 11.4. The van der Waals surface area contributed by atoms with Gasteiger partial charge in [-0.1, -0.05) is 0 Å². The van der Waals surface area contributed by atoms with Crippen LogP contribution in [0.25, 0.3) is 0 Å². The molecule has 1 saturated carbocycles. The SMILES string of the molecule is CC(=O)O.CC(=O)O.Oc1cc(C2CC2)cc(N2CCc3c(nc(OCCCN4CCOCC4)nc3N3CCNCC3)C2)c1. The molecule has 0 spiro atoms. The van der Waals surface area contributed by atoms with Crippen LogP contribution in [-0.2, 0) is 27.3 Å². The number of nitrogens with zero attached hydrogens (tertiary/aromatic N) is 5. The zero-order valence-electron chi connectivity index (χ0n) is 25.8. The van der Waals surface area contributed by atoms with Crippen LogP contribution < -0.4 is 19.9 Å². The third-order valence-electron chi connectivity index (χ3n) is 7.73. The van der Waals surface area contributed by atoms with Crippen molar-refractivity contribution in [2.45, 2.75) is 52.0 Å². The van der Waals surface area contributed by atoms with Crippen LogP contribution in [0.1, 0.15) is 55.8 Å². The van der Waals surface area contributed by atoms with Crippen LogP contribution in [0.15, 0.2) is 18.2 Å². The Morgan fingerprint density at radius 3 is 2.32 bits per heavy atom. The number of aromatic hydroxyl groups is 1. The summed E-state index contributed by atoms with van der Waals surface area (Å²) in [6.45, 7) is 12.8. The van der Waals surface area contributed by atoms with Crippen molar-refractivity contribution in [3.05, 3.63) is 35.0 Å². The molecular formula is C31H46N6O7. The molecule has 2 aromatic rings. The number of aromatic nitrogens is 2. The quantitative estimate of drug-likeness (QED) is 0.321. The Labute approximate surface area is 258 Å². The zero-order chi connectivity index (χ0) is 31.5. The van der Waals surface area contributed by atoms with Crippen LogP contribution in [0.5, 0.6) is 11.8 Å². The number of anilines is 2. The molecule has 4 heterocycles. The molecule has 0 radical (unpaired) electrons. The molecule has 0 amide bonds. The number of phenolic OH excluding ortho intramolecular Hbond substituents is 1. The van der Waals surface area contributed by atoms with E-state index in [1.54, 1.807) is 0 Å². The van der Waals surface area contributed by atoms with Gasteiger partial charge in [-0.05, 0) is 49.3 Å². The lowest BCUT2D eigenvalue weighted by Gasteiger charge is -2.35. The number of carboxylic acids is 2. The fourth-order valence-corrected chi connectivity index (χ4v) is 5.54. The Bertz CT molecular complexity index is 1230. The monoisotopic (exact) mass is 614 g/mol. The number of nitrogens with one attached hydrogen (secondary N) is 1. The fourth-order valence-electron chi connectivity index (χ4n) is 5.54. The molecule has 3 fully saturated rings. The van der Waals surface area contributed by atoms with E-state index in [4.69, 9.17) is 39.2 Å². The summed E-state index contributed by atoms with van der Waals surface area (Å²) in [5.74, 6) is 0.333. The first kappa shape index (κ1) is 33.2. The topological polar surface area (TPSA) is 161 Å². The third kappa shape index (κ3) is 10.5. The number of hydrogen-bond acceptors (Lipinski definition) is 11. The Hall–Kier alpha value is -3.68. The molecular weight excluding hydrogens is 568 g/mol.